The zero-order chi connectivity index (χ0) is 10.4. The lowest BCUT2D eigenvalue weighted by atomic mass is 10.1. The molecule has 0 aliphatic carbocycles. The van der Waals surface area contributed by atoms with E-state index in [2.05, 4.69) is 9.97 Å². The summed E-state index contributed by atoms with van der Waals surface area (Å²) in [5, 5.41) is 1.62. The number of pyridine rings is 1. The zero-order valence-electron chi connectivity index (χ0n) is 7.77. The van der Waals surface area contributed by atoms with Crippen LogP contribution in [0.5, 0.6) is 0 Å². The summed E-state index contributed by atoms with van der Waals surface area (Å²) in [4.78, 5) is 21.1. The predicted octanol–water partition coefficient (Wildman–Crippen LogP) is 2.42. The number of thiazole rings is 1. The Morgan fingerprint density at radius 2 is 2.19 bits per heavy atom. The molecule has 74 valence electrons. The first-order valence-corrected chi connectivity index (χ1v) is 5.64. The molecule has 0 spiro atoms. The molecule has 4 nitrogen and oxygen atoms in total. The van der Waals surface area contributed by atoms with Gasteiger partial charge in [-0.3, -0.25) is 9.78 Å². The molecular formula is C11H2N2O2S. The molecule has 5 rings (SSSR count). The van der Waals surface area contributed by atoms with Gasteiger partial charge in [-0.1, -0.05) is 0 Å². The lowest BCUT2D eigenvalue weighted by Gasteiger charge is -2.09. The topological polar surface area (TPSA) is 56.0 Å². The highest BCUT2D eigenvalue weighted by atomic mass is 32.1. The van der Waals surface area contributed by atoms with Gasteiger partial charge in [0.1, 0.15) is 5.58 Å². The van der Waals surface area contributed by atoms with E-state index < -0.39 is 0 Å². The Labute approximate surface area is 91.1 Å². The zero-order valence-corrected chi connectivity index (χ0v) is 8.59. The molecule has 16 heavy (non-hydrogen) atoms. The first kappa shape index (κ1) is 7.29. The molecule has 0 radical (unpaired) electrons. The molecule has 0 N–H and O–H groups in total. The van der Waals surface area contributed by atoms with Crippen molar-refractivity contribution < 1.29 is 4.42 Å². The predicted molar refractivity (Wildman–Crippen MR) is 62.0 cm³/mol. The third-order valence-electron chi connectivity index (χ3n) is 3.08. The van der Waals surface area contributed by atoms with Crippen LogP contribution >= 0.6 is 11.3 Å². The summed E-state index contributed by atoms with van der Waals surface area (Å²) in [5.74, 6) is 0. The van der Waals surface area contributed by atoms with Crippen molar-refractivity contribution in [2.24, 2.45) is 0 Å². The van der Waals surface area contributed by atoms with Crippen LogP contribution in [0.25, 0.3) is 42.5 Å². The van der Waals surface area contributed by atoms with E-state index in [1.807, 2.05) is 6.07 Å². The first-order chi connectivity index (χ1) is 7.84. The molecular weight excluding hydrogens is 224 g/mol. The minimum atomic E-state index is -0.00102. The van der Waals surface area contributed by atoms with Gasteiger partial charge in [-0.05, 0) is 6.07 Å². The fourth-order valence-corrected chi connectivity index (χ4v) is 3.40. The number of rotatable bonds is 0. The molecule has 0 atom stereocenters. The number of benzene rings is 1. The quantitative estimate of drug-likeness (QED) is 0.407. The molecule has 0 aliphatic rings. The second kappa shape index (κ2) is 1.94. The van der Waals surface area contributed by atoms with E-state index in [1.54, 1.807) is 6.20 Å². The molecule has 4 aromatic heterocycles. The maximum Gasteiger partial charge on any atom is 0.227 e. The highest BCUT2D eigenvalue weighted by Gasteiger charge is 2.26. The Morgan fingerprint density at radius 3 is 3.06 bits per heavy atom. The van der Waals surface area contributed by atoms with Gasteiger partial charge in [0.2, 0.25) is 5.43 Å². The van der Waals surface area contributed by atoms with Gasteiger partial charge in [-0.25, -0.2) is 4.98 Å². The van der Waals surface area contributed by atoms with Crippen molar-refractivity contribution in [1.82, 2.24) is 9.97 Å². The van der Waals surface area contributed by atoms with Crippen molar-refractivity contribution in [3.8, 4) is 0 Å². The van der Waals surface area contributed by atoms with E-state index in [-0.39, 0.29) is 5.43 Å². The first-order valence-electron chi connectivity index (χ1n) is 4.82. The van der Waals surface area contributed by atoms with Crippen LogP contribution in [0.4, 0.5) is 0 Å². The Hall–Kier alpha value is -2.01. The molecule has 0 saturated heterocycles. The summed E-state index contributed by atoms with van der Waals surface area (Å²) in [7, 11) is 0. The van der Waals surface area contributed by atoms with Crippen LogP contribution in [0.2, 0.25) is 0 Å². The highest BCUT2D eigenvalue weighted by Crippen LogP contribution is 2.42. The molecule has 1 aromatic carbocycles. The number of hydrogen-bond donors (Lipinski definition) is 0. The van der Waals surface area contributed by atoms with Crippen molar-refractivity contribution >= 4 is 53.8 Å². The van der Waals surface area contributed by atoms with Gasteiger partial charge in [0.15, 0.2) is 10.4 Å². The number of aromatic nitrogens is 2. The van der Waals surface area contributed by atoms with E-state index in [0.717, 1.165) is 26.7 Å². The van der Waals surface area contributed by atoms with Gasteiger partial charge < -0.3 is 4.42 Å². The Kier molecular flexibility index (Phi) is 0.886. The number of hydrogen-bond acceptors (Lipinski definition) is 5. The SMILES string of the molecule is O=c1c2nc3c(s2)c2nccc4oc(c13)c42. The molecule has 0 fully saturated rings. The number of fused-ring (bicyclic) bond motifs is 3. The summed E-state index contributed by atoms with van der Waals surface area (Å²) < 4.78 is 6.53. The average Bonchev–Trinajstić information content (AvgIpc) is 2.80. The summed E-state index contributed by atoms with van der Waals surface area (Å²) >= 11 is 1.42. The molecule has 0 amide bonds. The van der Waals surface area contributed by atoms with E-state index in [1.165, 1.54) is 11.3 Å². The van der Waals surface area contributed by atoms with Crippen LogP contribution in [0.3, 0.4) is 0 Å². The second-order valence-electron chi connectivity index (χ2n) is 3.86. The minimum Gasteiger partial charge on any atom is -0.455 e. The molecule has 4 heterocycles. The third kappa shape index (κ3) is 0.536. The molecule has 5 heteroatoms. The van der Waals surface area contributed by atoms with Gasteiger partial charge in [0.05, 0.1) is 26.5 Å². The van der Waals surface area contributed by atoms with E-state index in [0.29, 0.717) is 15.8 Å². The minimum absolute atomic E-state index is 0.00102. The van der Waals surface area contributed by atoms with Crippen molar-refractivity contribution in [2.75, 3.05) is 0 Å². The van der Waals surface area contributed by atoms with Crippen LogP contribution in [0.1, 0.15) is 0 Å². The van der Waals surface area contributed by atoms with Crippen LogP contribution in [0, 0.1) is 0 Å². The summed E-state index contributed by atoms with van der Waals surface area (Å²) in [5.41, 5.74) is 3.15. The van der Waals surface area contributed by atoms with Gasteiger partial charge in [-0.2, -0.15) is 0 Å². The average molecular weight is 226 g/mol. The summed E-state index contributed by atoms with van der Waals surface area (Å²) in [6.45, 7) is 0. The van der Waals surface area contributed by atoms with Crippen LogP contribution in [-0.2, 0) is 0 Å². The Bertz CT molecular complexity index is 1010. The van der Waals surface area contributed by atoms with Gasteiger partial charge in [0.25, 0.3) is 0 Å². The smallest absolute Gasteiger partial charge is 0.227 e. The standard InChI is InChI=1S/C11H2N2O2S/c14-8-5-7-10(16-11(8)13-7)6-4-3(1-2-12-6)15-9(4)5/h1-2H. The van der Waals surface area contributed by atoms with E-state index >= 15 is 0 Å². The Balaban J connectivity index is 2.39. The fraction of sp³-hybridized carbons (Fsp3) is 0. The van der Waals surface area contributed by atoms with E-state index in [4.69, 9.17) is 4.42 Å². The van der Waals surface area contributed by atoms with Crippen LogP contribution in [0.15, 0.2) is 21.5 Å². The normalized spacial score (nSPS) is 13.2. The maximum absolute atomic E-state index is 11.9. The summed E-state index contributed by atoms with van der Waals surface area (Å²) in [6.07, 6.45) is 1.72. The largest absolute Gasteiger partial charge is 0.455 e. The van der Waals surface area contributed by atoms with Crippen molar-refractivity contribution in [2.45, 2.75) is 0 Å². The van der Waals surface area contributed by atoms with Crippen LogP contribution in [-0.4, -0.2) is 9.97 Å². The highest BCUT2D eigenvalue weighted by molar-refractivity contribution is 7.25. The lowest BCUT2D eigenvalue weighted by molar-refractivity contribution is 0.646. The van der Waals surface area contributed by atoms with Gasteiger partial charge >= 0.3 is 0 Å². The monoisotopic (exact) mass is 226 g/mol. The van der Waals surface area contributed by atoms with Gasteiger partial charge in [-0.15, -0.1) is 11.3 Å². The van der Waals surface area contributed by atoms with Crippen LogP contribution < -0.4 is 5.43 Å². The molecule has 2 bridgehead atoms. The van der Waals surface area contributed by atoms with Crippen molar-refractivity contribution in [3.05, 3.63) is 22.5 Å². The van der Waals surface area contributed by atoms with Crippen molar-refractivity contribution in [1.29, 1.82) is 0 Å². The lowest BCUT2D eigenvalue weighted by Crippen LogP contribution is -1.98. The molecule has 0 aliphatic heterocycles. The van der Waals surface area contributed by atoms with E-state index in [9.17, 15) is 4.79 Å². The third-order valence-corrected chi connectivity index (χ3v) is 4.14. The second-order valence-corrected chi connectivity index (χ2v) is 4.86. The van der Waals surface area contributed by atoms with Gasteiger partial charge in [0, 0.05) is 6.20 Å². The number of nitrogens with zero attached hydrogens (tertiary/aromatic N) is 2. The van der Waals surface area contributed by atoms with Crippen molar-refractivity contribution in [3.63, 3.8) is 0 Å². The fourth-order valence-electron chi connectivity index (χ4n) is 2.38. The maximum atomic E-state index is 11.9. The summed E-state index contributed by atoms with van der Waals surface area (Å²) in [6, 6.07) is 1.82. The molecule has 5 aromatic rings. The molecule has 0 saturated carbocycles. The molecule has 0 unspecified atom stereocenters. The Morgan fingerprint density at radius 1 is 1.25 bits per heavy atom.